The van der Waals surface area contributed by atoms with Gasteiger partial charge >= 0.3 is 18.2 Å². The normalized spacial score (nSPS) is 10.8. The Balaban J connectivity index is 1.99. The van der Waals surface area contributed by atoms with Crippen LogP contribution in [0.3, 0.4) is 0 Å². The summed E-state index contributed by atoms with van der Waals surface area (Å²) in [5.41, 5.74) is 7.68. The number of fused-ring (bicyclic) bond motifs is 1. The lowest BCUT2D eigenvalue weighted by molar-refractivity contribution is 0.0947. The van der Waals surface area contributed by atoms with E-state index in [4.69, 9.17) is 24.7 Å². The van der Waals surface area contributed by atoms with Gasteiger partial charge in [0.2, 0.25) is 0 Å². The highest BCUT2D eigenvalue weighted by Gasteiger charge is 2.21. The Hall–Kier alpha value is -3.40. The van der Waals surface area contributed by atoms with Gasteiger partial charge in [-0.25, -0.2) is 4.79 Å². The minimum Gasteiger partial charge on any atom is -0.461 e. The van der Waals surface area contributed by atoms with E-state index in [2.05, 4.69) is 15.0 Å². The average molecular weight is 401 g/mol. The Morgan fingerprint density at radius 2 is 1.90 bits per heavy atom. The van der Waals surface area contributed by atoms with E-state index in [1.54, 1.807) is 11.7 Å². The van der Waals surface area contributed by atoms with Crippen LogP contribution in [0.5, 0.6) is 12.0 Å². The summed E-state index contributed by atoms with van der Waals surface area (Å²) < 4.78 is 22.4. The van der Waals surface area contributed by atoms with Gasteiger partial charge in [0.1, 0.15) is 6.61 Å². The van der Waals surface area contributed by atoms with Gasteiger partial charge in [0, 0.05) is 7.11 Å². The minimum absolute atomic E-state index is 0.0139. The molecule has 10 heteroatoms. The molecule has 3 aromatic rings. The van der Waals surface area contributed by atoms with E-state index in [0.717, 1.165) is 5.56 Å². The molecule has 154 valence electrons. The van der Waals surface area contributed by atoms with E-state index in [9.17, 15) is 4.79 Å². The summed E-state index contributed by atoms with van der Waals surface area (Å²) in [5, 5.41) is 0. The minimum atomic E-state index is -0.848. The zero-order chi connectivity index (χ0) is 20.6. The summed E-state index contributed by atoms with van der Waals surface area (Å²) in [7, 11) is 1.57. The van der Waals surface area contributed by atoms with E-state index in [1.165, 1.54) is 0 Å². The van der Waals surface area contributed by atoms with Gasteiger partial charge in [0.15, 0.2) is 17.0 Å². The van der Waals surface area contributed by atoms with Crippen LogP contribution in [0.2, 0.25) is 0 Å². The highest BCUT2D eigenvalue weighted by atomic mass is 16.7. The number of hydrogen-bond donors (Lipinski definition) is 1. The Morgan fingerprint density at radius 3 is 2.62 bits per heavy atom. The Morgan fingerprint density at radius 1 is 1.10 bits per heavy atom. The molecule has 0 unspecified atom stereocenters. The maximum Gasteiger partial charge on any atom is 0.516 e. The summed E-state index contributed by atoms with van der Waals surface area (Å²) >= 11 is 0. The molecule has 0 bridgehead atoms. The lowest BCUT2D eigenvalue weighted by Gasteiger charge is -2.09. The van der Waals surface area contributed by atoms with Gasteiger partial charge in [-0.05, 0) is 12.0 Å². The molecule has 0 saturated heterocycles. The summed E-state index contributed by atoms with van der Waals surface area (Å²) in [6, 6.07) is 9.70. The number of nitrogen functional groups attached to an aromatic ring is 1. The number of methoxy groups -OCH3 is 1. The van der Waals surface area contributed by atoms with Gasteiger partial charge in [-0.15, -0.1) is 0 Å². The lowest BCUT2D eigenvalue weighted by atomic mass is 10.2. The fourth-order valence-electron chi connectivity index (χ4n) is 2.54. The van der Waals surface area contributed by atoms with Gasteiger partial charge in [-0.2, -0.15) is 15.0 Å². The molecule has 29 heavy (non-hydrogen) atoms. The van der Waals surface area contributed by atoms with Crippen molar-refractivity contribution in [3.05, 3.63) is 35.9 Å². The molecule has 10 nitrogen and oxygen atoms in total. The van der Waals surface area contributed by atoms with Crippen LogP contribution in [0.25, 0.3) is 11.2 Å². The van der Waals surface area contributed by atoms with Crippen LogP contribution >= 0.6 is 0 Å². The number of aromatic nitrogens is 4. The fourth-order valence-corrected chi connectivity index (χ4v) is 2.54. The summed E-state index contributed by atoms with van der Waals surface area (Å²) in [6.45, 7) is 3.13. The number of carbonyl (C=O) groups excluding carboxylic acids is 1. The van der Waals surface area contributed by atoms with Crippen LogP contribution in [0.1, 0.15) is 18.9 Å². The maximum atomic E-state index is 12.0. The molecule has 0 aliphatic carbocycles. The van der Waals surface area contributed by atoms with Crippen molar-refractivity contribution in [3.8, 4) is 12.0 Å². The second-order valence-electron chi connectivity index (χ2n) is 6.07. The molecule has 0 atom stereocenters. The number of anilines is 1. The predicted molar refractivity (Wildman–Crippen MR) is 105 cm³/mol. The van der Waals surface area contributed by atoms with E-state index >= 15 is 0 Å². The molecule has 3 rings (SSSR count). The number of imidazole rings is 1. The maximum absolute atomic E-state index is 12.0. The second kappa shape index (κ2) is 9.69. The summed E-state index contributed by atoms with van der Waals surface area (Å²) in [6.07, 6.45) is -0.171. The third kappa shape index (κ3) is 5.11. The van der Waals surface area contributed by atoms with Crippen molar-refractivity contribution in [3.63, 3.8) is 0 Å². The molecular formula is C19H23N5O5. The quantitative estimate of drug-likeness (QED) is 0.425. The van der Waals surface area contributed by atoms with Crippen molar-refractivity contribution < 1.29 is 23.7 Å². The first-order valence-electron chi connectivity index (χ1n) is 9.16. The molecule has 0 radical (unpaired) electrons. The van der Waals surface area contributed by atoms with Crippen LogP contribution in [-0.2, 0) is 16.0 Å². The standard InChI is InChI=1S/C19H23N5O5/c1-3-9-28-19(25)29-18-21-14-15(20)22-17(27-11-10-26-2)23-16(14)24(18)12-13-7-5-4-6-8-13/h4-8H,3,9-12H2,1-2H3,(H2,20,22,23). The number of hydrogen-bond acceptors (Lipinski definition) is 9. The lowest BCUT2D eigenvalue weighted by Crippen LogP contribution is -2.15. The van der Waals surface area contributed by atoms with Crippen molar-refractivity contribution in [2.75, 3.05) is 32.7 Å². The molecule has 0 amide bonds. The number of ether oxygens (including phenoxy) is 4. The van der Waals surface area contributed by atoms with Crippen LogP contribution in [-0.4, -0.2) is 52.6 Å². The van der Waals surface area contributed by atoms with Crippen molar-refractivity contribution in [1.82, 2.24) is 19.5 Å². The molecule has 0 aliphatic rings. The van der Waals surface area contributed by atoms with Crippen molar-refractivity contribution in [1.29, 1.82) is 0 Å². The highest BCUT2D eigenvalue weighted by Crippen LogP contribution is 2.26. The first kappa shape index (κ1) is 20.3. The molecule has 2 aromatic heterocycles. The van der Waals surface area contributed by atoms with E-state index in [1.807, 2.05) is 37.3 Å². The molecule has 0 saturated carbocycles. The van der Waals surface area contributed by atoms with Gasteiger partial charge < -0.3 is 24.7 Å². The van der Waals surface area contributed by atoms with Gasteiger partial charge in [-0.3, -0.25) is 4.57 Å². The number of nitrogens with two attached hydrogens (primary N) is 1. The first-order chi connectivity index (χ1) is 14.1. The Bertz CT molecular complexity index is 961. The Kier molecular flexibility index (Phi) is 6.80. The molecule has 2 N–H and O–H groups in total. The van der Waals surface area contributed by atoms with Crippen LogP contribution in [0.15, 0.2) is 30.3 Å². The fraction of sp³-hybridized carbons (Fsp3) is 0.368. The average Bonchev–Trinajstić information content (AvgIpc) is 3.05. The SMILES string of the molecule is CCCOC(=O)Oc1nc2c(N)nc(OCCOC)nc2n1Cc1ccccc1. The number of nitrogens with zero attached hydrogens (tertiary/aromatic N) is 4. The van der Waals surface area contributed by atoms with Gasteiger partial charge in [0.05, 0.1) is 19.8 Å². The molecule has 0 spiro atoms. The number of rotatable bonds is 9. The summed E-state index contributed by atoms with van der Waals surface area (Å²) in [4.78, 5) is 24.8. The first-order valence-corrected chi connectivity index (χ1v) is 9.16. The van der Waals surface area contributed by atoms with E-state index in [-0.39, 0.29) is 31.1 Å². The Labute approximate surface area is 167 Å². The molecular weight excluding hydrogens is 378 g/mol. The van der Waals surface area contributed by atoms with Crippen LogP contribution < -0.4 is 15.2 Å². The molecule has 0 fully saturated rings. The van der Waals surface area contributed by atoms with Crippen molar-refractivity contribution >= 4 is 23.1 Å². The van der Waals surface area contributed by atoms with Crippen molar-refractivity contribution in [2.24, 2.45) is 0 Å². The van der Waals surface area contributed by atoms with Crippen LogP contribution in [0, 0.1) is 0 Å². The smallest absolute Gasteiger partial charge is 0.461 e. The van der Waals surface area contributed by atoms with Crippen molar-refractivity contribution in [2.45, 2.75) is 19.9 Å². The van der Waals surface area contributed by atoms with E-state index < -0.39 is 6.16 Å². The zero-order valence-electron chi connectivity index (χ0n) is 16.3. The van der Waals surface area contributed by atoms with Gasteiger partial charge in [0.25, 0.3) is 0 Å². The third-order valence-corrected chi connectivity index (χ3v) is 3.87. The number of carbonyl (C=O) groups is 1. The van der Waals surface area contributed by atoms with Gasteiger partial charge in [-0.1, -0.05) is 37.3 Å². The molecule has 1 aromatic carbocycles. The topological polar surface area (TPSA) is 124 Å². The largest absolute Gasteiger partial charge is 0.516 e. The molecule has 0 aliphatic heterocycles. The third-order valence-electron chi connectivity index (χ3n) is 3.87. The second-order valence-corrected chi connectivity index (χ2v) is 6.07. The highest BCUT2D eigenvalue weighted by molar-refractivity contribution is 5.83. The number of benzene rings is 1. The zero-order valence-corrected chi connectivity index (χ0v) is 16.3. The molecule has 2 heterocycles. The van der Waals surface area contributed by atoms with E-state index in [0.29, 0.717) is 30.7 Å². The monoisotopic (exact) mass is 401 g/mol. The predicted octanol–water partition coefficient (Wildman–Crippen LogP) is 2.41. The summed E-state index contributed by atoms with van der Waals surface area (Å²) in [5.74, 6) is 0.112. The van der Waals surface area contributed by atoms with Crippen LogP contribution in [0.4, 0.5) is 10.6 Å².